The Balaban J connectivity index is 1.40. The molecule has 3 nitrogen and oxygen atoms in total. The van der Waals surface area contributed by atoms with Crippen molar-refractivity contribution in [2.45, 2.75) is 36.8 Å². The lowest BCUT2D eigenvalue weighted by Crippen LogP contribution is -2.28. The van der Waals surface area contributed by atoms with Gasteiger partial charge in [0.25, 0.3) is 5.91 Å². The average Bonchev–Trinajstić information content (AvgIpc) is 2.76. The number of rotatable bonds is 8. The molecule has 1 N–H and O–H groups in total. The second-order valence-corrected chi connectivity index (χ2v) is 9.23. The van der Waals surface area contributed by atoms with E-state index in [1.807, 2.05) is 54.6 Å². The first kappa shape index (κ1) is 22.0. The van der Waals surface area contributed by atoms with E-state index in [-0.39, 0.29) is 11.3 Å². The van der Waals surface area contributed by atoms with Crippen LogP contribution in [0.4, 0.5) is 0 Å². The van der Waals surface area contributed by atoms with Crippen LogP contribution in [0, 0.1) is 0 Å². The largest absolute Gasteiger partial charge is 0.492 e. The zero-order chi connectivity index (χ0) is 21.4. The number of carbonyl (C=O) groups is 1. The Labute approximate surface area is 183 Å². The number of hydrogen-bond donors (Lipinski definition) is 1. The third-order valence-corrected chi connectivity index (χ3v) is 5.82. The van der Waals surface area contributed by atoms with E-state index >= 15 is 0 Å². The summed E-state index contributed by atoms with van der Waals surface area (Å²) < 4.78 is 5.74. The molecular weight excluding hydrogens is 390 g/mol. The standard InChI is InChI=1S/C26H29NO2S/c1-26(2,3)22-13-15-23(16-14-22)29-18-17-27-25(28)21-11-9-20(10-12-21)19-30-24-7-5-4-6-8-24/h4-16H,17-19H2,1-3H3,(H,27,28). The van der Waals surface area contributed by atoms with Crippen molar-refractivity contribution in [1.29, 1.82) is 0 Å². The summed E-state index contributed by atoms with van der Waals surface area (Å²) in [7, 11) is 0. The van der Waals surface area contributed by atoms with Crippen molar-refractivity contribution in [2.75, 3.05) is 13.2 Å². The van der Waals surface area contributed by atoms with Gasteiger partial charge < -0.3 is 10.1 Å². The van der Waals surface area contributed by atoms with Gasteiger partial charge in [0.1, 0.15) is 12.4 Å². The van der Waals surface area contributed by atoms with Gasteiger partial charge in [0, 0.05) is 16.2 Å². The fourth-order valence-electron chi connectivity index (χ4n) is 2.92. The minimum atomic E-state index is -0.0797. The molecule has 3 aromatic carbocycles. The molecule has 0 bridgehead atoms. The minimum Gasteiger partial charge on any atom is -0.492 e. The molecule has 0 aliphatic rings. The van der Waals surface area contributed by atoms with E-state index in [2.05, 4.69) is 50.4 Å². The third kappa shape index (κ3) is 6.67. The number of thioether (sulfide) groups is 1. The second-order valence-electron chi connectivity index (χ2n) is 8.18. The molecule has 3 rings (SSSR count). The molecule has 0 aliphatic carbocycles. The van der Waals surface area contributed by atoms with E-state index in [1.54, 1.807) is 11.8 Å². The van der Waals surface area contributed by atoms with Crippen molar-refractivity contribution < 1.29 is 9.53 Å². The van der Waals surface area contributed by atoms with E-state index in [9.17, 15) is 4.79 Å². The van der Waals surface area contributed by atoms with Crippen LogP contribution in [0.3, 0.4) is 0 Å². The molecular formula is C26H29NO2S. The van der Waals surface area contributed by atoms with Gasteiger partial charge in [-0.1, -0.05) is 63.2 Å². The summed E-state index contributed by atoms with van der Waals surface area (Å²) in [6.07, 6.45) is 0. The van der Waals surface area contributed by atoms with Crippen LogP contribution in [-0.2, 0) is 11.2 Å². The first-order chi connectivity index (χ1) is 14.4. The summed E-state index contributed by atoms with van der Waals surface area (Å²) in [4.78, 5) is 13.6. The lowest BCUT2D eigenvalue weighted by molar-refractivity contribution is 0.0947. The fourth-order valence-corrected chi connectivity index (χ4v) is 3.80. The van der Waals surface area contributed by atoms with Crippen molar-refractivity contribution >= 4 is 17.7 Å². The number of amides is 1. The molecule has 30 heavy (non-hydrogen) atoms. The molecule has 4 heteroatoms. The van der Waals surface area contributed by atoms with Crippen LogP contribution >= 0.6 is 11.8 Å². The number of nitrogens with one attached hydrogen (secondary N) is 1. The quantitative estimate of drug-likeness (QED) is 0.355. The van der Waals surface area contributed by atoms with Crippen molar-refractivity contribution in [2.24, 2.45) is 0 Å². The molecule has 0 saturated carbocycles. The molecule has 0 saturated heterocycles. The van der Waals surface area contributed by atoms with Gasteiger partial charge in [0.15, 0.2) is 0 Å². The monoisotopic (exact) mass is 419 g/mol. The highest BCUT2D eigenvalue weighted by atomic mass is 32.2. The normalized spacial score (nSPS) is 11.2. The topological polar surface area (TPSA) is 38.3 Å². The van der Waals surface area contributed by atoms with Crippen LogP contribution in [-0.4, -0.2) is 19.1 Å². The van der Waals surface area contributed by atoms with Crippen LogP contribution in [0.5, 0.6) is 5.75 Å². The lowest BCUT2D eigenvalue weighted by atomic mass is 9.87. The number of hydrogen-bond acceptors (Lipinski definition) is 3. The highest BCUT2D eigenvalue weighted by Crippen LogP contribution is 2.24. The second kappa shape index (κ2) is 10.4. The van der Waals surface area contributed by atoms with E-state index in [0.29, 0.717) is 18.7 Å². The van der Waals surface area contributed by atoms with Crippen LogP contribution in [0.15, 0.2) is 83.8 Å². The molecule has 0 aromatic heterocycles. The average molecular weight is 420 g/mol. The Bertz CT molecular complexity index is 930. The highest BCUT2D eigenvalue weighted by Gasteiger charge is 2.13. The smallest absolute Gasteiger partial charge is 0.251 e. The Morgan fingerprint density at radius 2 is 1.57 bits per heavy atom. The van der Waals surface area contributed by atoms with Crippen LogP contribution in [0.25, 0.3) is 0 Å². The first-order valence-electron chi connectivity index (χ1n) is 10.2. The predicted molar refractivity (Wildman–Crippen MR) is 125 cm³/mol. The number of benzene rings is 3. The maximum absolute atomic E-state index is 12.3. The van der Waals surface area contributed by atoms with E-state index in [0.717, 1.165) is 11.5 Å². The predicted octanol–water partition coefficient (Wildman–Crippen LogP) is 6.09. The van der Waals surface area contributed by atoms with Gasteiger partial charge in [-0.25, -0.2) is 0 Å². The van der Waals surface area contributed by atoms with Crippen molar-refractivity contribution in [3.63, 3.8) is 0 Å². The molecule has 0 fully saturated rings. The lowest BCUT2D eigenvalue weighted by Gasteiger charge is -2.19. The van der Waals surface area contributed by atoms with Crippen molar-refractivity contribution in [1.82, 2.24) is 5.32 Å². The Morgan fingerprint density at radius 3 is 2.20 bits per heavy atom. The summed E-state index contributed by atoms with van der Waals surface area (Å²) in [6.45, 7) is 7.46. The van der Waals surface area contributed by atoms with Crippen LogP contribution in [0.1, 0.15) is 42.3 Å². The molecule has 0 aliphatic heterocycles. The maximum Gasteiger partial charge on any atom is 0.251 e. The minimum absolute atomic E-state index is 0.0797. The SMILES string of the molecule is CC(C)(C)c1ccc(OCCNC(=O)c2ccc(CSc3ccccc3)cc2)cc1. The van der Waals surface area contributed by atoms with E-state index < -0.39 is 0 Å². The van der Waals surface area contributed by atoms with E-state index in [1.165, 1.54) is 16.0 Å². The molecule has 1 amide bonds. The third-order valence-electron chi connectivity index (χ3n) is 4.74. The highest BCUT2D eigenvalue weighted by molar-refractivity contribution is 7.98. The first-order valence-corrected chi connectivity index (χ1v) is 11.2. The Hall–Kier alpha value is -2.72. The summed E-state index contributed by atoms with van der Waals surface area (Å²) in [5.41, 5.74) is 3.26. The molecule has 156 valence electrons. The van der Waals surface area contributed by atoms with Gasteiger partial charge >= 0.3 is 0 Å². The summed E-state index contributed by atoms with van der Waals surface area (Å²) in [5.74, 6) is 1.62. The molecule has 0 radical (unpaired) electrons. The molecule has 0 spiro atoms. The zero-order valence-electron chi connectivity index (χ0n) is 17.9. The summed E-state index contributed by atoms with van der Waals surface area (Å²) >= 11 is 1.79. The number of ether oxygens (including phenoxy) is 1. The molecule has 0 unspecified atom stereocenters. The molecule has 0 heterocycles. The van der Waals surface area contributed by atoms with Crippen molar-refractivity contribution in [3.8, 4) is 5.75 Å². The molecule has 3 aromatic rings. The van der Waals surface area contributed by atoms with Crippen LogP contribution < -0.4 is 10.1 Å². The molecule has 0 atom stereocenters. The maximum atomic E-state index is 12.3. The van der Waals surface area contributed by atoms with E-state index in [4.69, 9.17) is 4.74 Å². The van der Waals surface area contributed by atoms with Crippen molar-refractivity contribution in [3.05, 3.63) is 95.6 Å². The van der Waals surface area contributed by atoms with Gasteiger partial charge in [-0.15, -0.1) is 11.8 Å². The summed E-state index contributed by atoms with van der Waals surface area (Å²) in [6, 6.07) is 26.2. The van der Waals surface area contributed by atoms with Gasteiger partial charge in [0.2, 0.25) is 0 Å². The fraction of sp³-hybridized carbons (Fsp3) is 0.269. The van der Waals surface area contributed by atoms with Gasteiger partial charge in [-0.3, -0.25) is 4.79 Å². The van der Waals surface area contributed by atoms with Gasteiger partial charge in [-0.2, -0.15) is 0 Å². The Kier molecular flexibility index (Phi) is 7.58. The van der Waals surface area contributed by atoms with Gasteiger partial charge in [-0.05, 0) is 52.9 Å². The number of carbonyl (C=O) groups excluding carboxylic acids is 1. The van der Waals surface area contributed by atoms with Crippen LogP contribution in [0.2, 0.25) is 0 Å². The van der Waals surface area contributed by atoms with Gasteiger partial charge in [0.05, 0.1) is 6.54 Å². The zero-order valence-corrected chi connectivity index (χ0v) is 18.7. The Morgan fingerprint density at radius 1 is 0.900 bits per heavy atom. The summed E-state index contributed by atoms with van der Waals surface area (Å²) in [5, 5.41) is 2.91.